The van der Waals surface area contributed by atoms with Gasteiger partial charge in [-0.25, -0.2) is 0 Å². The maximum absolute atomic E-state index is 12.2. The highest BCUT2D eigenvalue weighted by Crippen LogP contribution is 2.21. The van der Waals surface area contributed by atoms with Crippen LogP contribution in [0.4, 0.5) is 0 Å². The van der Waals surface area contributed by atoms with Crippen LogP contribution in [0.3, 0.4) is 0 Å². The average Bonchev–Trinajstić information content (AvgIpc) is 3.31. The SMILES string of the molecule is CCCCCCCCCCCCCC(=O)OCCN1CCN(CCO)C1CCCCCCCCCCCCC. The lowest BCUT2D eigenvalue weighted by atomic mass is 10.0. The van der Waals surface area contributed by atoms with Gasteiger partial charge in [0.1, 0.15) is 6.61 Å². The third-order valence-corrected chi connectivity index (χ3v) is 8.60. The summed E-state index contributed by atoms with van der Waals surface area (Å²) >= 11 is 0. The molecule has 0 bridgehead atoms. The number of aliphatic hydroxyl groups is 1. The fourth-order valence-electron chi connectivity index (χ4n) is 6.07. The van der Waals surface area contributed by atoms with Crippen LogP contribution in [0, 0.1) is 0 Å². The van der Waals surface area contributed by atoms with Crippen molar-refractivity contribution in [2.45, 2.75) is 174 Å². The van der Waals surface area contributed by atoms with Crippen molar-refractivity contribution >= 4 is 5.97 Å². The van der Waals surface area contributed by atoms with Gasteiger partial charge in [-0.2, -0.15) is 0 Å². The standard InChI is InChI=1S/C34H68N2O3/c1-3-5-7-9-11-13-15-17-19-21-23-25-33-35(29-31-37)27-28-36(33)30-32-39-34(38)26-24-22-20-18-16-14-12-10-8-6-4-2/h33,37H,3-32H2,1-2H3. The highest BCUT2D eigenvalue weighted by molar-refractivity contribution is 5.69. The number of esters is 1. The Labute approximate surface area is 243 Å². The Balaban J connectivity index is 2.07. The van der Waals surface area contributed by atoms with E-state index in [9.17, 15) is 9.90 Å². The highest BCUT2D eigenvalue weighted by Gasteiger charge is 2.30. The summed E-state index contributed by atoms with van der Waals surface area (Å²) < 4.78 is 5.60. The number of hydrogen-bond donors (Lipinski definition) is 1. The lowest BCUT2D eigenvalue weighted by Crippen LogP contribution is -2.41. The molecular weight excluding hydrogens is 484 g/mol. The maximum Gasteiger partial charge on any atom is 0.305 e. The molecule has 1 aliphatic rings. The predicted molar refractivity (Wildman–Crippen MR) is 167 cm³/mol. The van der Waals surface area contributed by atoms with Gasteiger partial charge < -0.3 is 9.84 Å². The molecule has 0 spiro atoms. The third-order valence-electron chi connectivity index (χ3n) is 8.60. The molecule has 39 heavy (non-hydrogen) atoms. The van der Waals surface area contributed by atoms with Crippen molar-refractivity contribution in [2.75, 3.05) is 39.4 Å². The van der Waals surface area contributed by atoms with Crippen LogP contribution in [-0.4, -0.2) is 66.4 Å². The first kappa shape index (κ1) is 36.4. The molecule has 1 rings (SSSR count). The molecule has 0 amide bonds. The van der Waals surface area contributed by atoms with Crippen molar-refractivity contribution in [3.63, 3.8) is 0 Å². The Morgan fingerprint density at radius 3 is 1.49 bits per heavy atom. The minimum atomic E-state index is -0.0285. The number of nitrogens with zero attached hydrogens (tertiary/aromatic N) is 2. The van der Waals surface area contributed by atoms with E-state index in [2.05, 4.69) is 23.6 Å². The Bertz CT molecular complexity index is 531. The maximum atomic E-state index is 12.2. The number of ether oxygens (including phenoxy) is 1. The molecule has 0 aromatic heterocycles. The van der Waals surface area contributed by atoms with Crippen molar-refractivity contribution in [3.05, 3.63) is 0 Å². The normalized spacial score (nSPS) is 16.3. The van der Waals surface area contributed by atoms with Gasteiger partial charge in [0.05, 0.1) is 12.8 Å². The number of unbranched alkanes of at least 4 members (excludes halogenated alkanes) is 20. The summed E-state index contributed by atoms with van der Waals surface area (Å²) in [6.07, 6.45) is 31.4. The molecular formula is C34H68N2O3. The van der Waals surface area contributed by atoms with Crippen molar-refractivity contribution in [1.82, 2.24) is 9.80 Å². The summed E-state index contributed by atoms with van der Waals surface area (Å²) in [6.45, 7) is 8.85. The number of carbonyl (C=O) groups excluding carboxylic acids is 1. The quantitative estimate of drug-likeness (QED) is 0.0742. The van der Waals surface area contributed by atoms with Gasteiger partial charge in [-0.3, -0.25) is 14.6 Å². The molecule has 5 heteroatoms. The van der Waals surface area contributed by atoms with Crippen LogP contribution in [0.15, 0.2) is 0 Å². The summed E-state index contributed by atoms with van der Waals surface area (Å²) in [5.41, 5.74) is 0. The van der Waals surface area contributed by atoms with E-state index in [-0.39, 0.29) is 12.6 Å². The van der Waals surface area contributed by atoms with Crippen molar-refractivity contribution < 1.29 is 14.6 Å². The van der Waals surface area contributed by atoms with Gasteiger partial charge in [0.2, 0.25) is 0 Å². The lowest BCUT2D eigenvalue weighted by Gasteiger charge is -2.30. The van der Waals surface area contributed by atoms with Gasteiger partial charge in [0, 0.05) is 32.6 Å². The molecule has 0 aliphatic carbocycles. The first-order valence-corrected chi connectivity index (χ1v) is 17.5. The van der Waals surface area contributed by atoms with Crippen LogP contribution >= 0.6 is 0 Å². The molecule has 1 atom stereocenters. The topological polar surface area (TPSA) is 53.0 Å². The number of rotatable bonds is 29. The minimum Gasteiger partial charge on any atom is -0.464 e. The average molecular weight is 553 g/mol. The monoisotopic (exact) mass is 553 g/mol. The van der Waals surface area contributed by atoms with Crippen LogP contribution in [0.5, 0.6) is 0 Å². The van der Waals surface area contributed by atoms with Crippen LogP contribution in [0.2, 0.25) is 0 Å². The molecule has 1 heterocycles. The number of hydrogen-bond acceptors (Lipinski definition) is 5. The molecule has 1 unspecified atom stereocenters. The van der Waals surface area contributed by atoms with Crippen molar-refractivity contribution in [1.29, 1.82) is 0 Å². The van der Waals surface area contributed by atoms with E-state index in [0.717, 1.165) is 45.4 Å². The molecule has 1 fully saturated rings. The van der Waals surface area contributed by atoms with Crippen LogP contribution < -0.4 is 0 Å². The van der Waals surface area contributed by atoms with E-state index in [0.29, 0.717) is 19.2 Å². The molecule has 5 nitrogen and oxygen atoms in total. The van der Waals surface area contributed by atoms with E-state index in [1.54, 1.807) is 0 Å². The molecule has 0 aromatic carbocycles. The van der Waals surface area contributed by atoms with Crippen LogP contribution in [-0.2, 0) is 9.53 Å². The number of aliphatic hydroxyl groups excluding tert-OH is 1. The molecule has 1 aliphatic heterocycles. The molecule has 0 radical (unpaired) electrons. The van der Waals surface area contributed by atoms with Crippen LogP contribution in [0.1, 0.15) is 168 Å². The van der Waals surface area contributed by atoms with E-state index in [1.165, 1.54) is 128 Å². The van der Waals surface area contributed by atoms with E-state index in [4.69, 9.17) is 4.74 Å². The van der Waals surface area contributed by atoms with Gasteiger partial charge in [-0.15, -0.1) is 0 Å². The van der Waals surface area contributed by atoms with Gasteiger partial charge >= 0.3 is 5.97 Å². The second-order valence-corrected chi connectivity index (χ2v) is 12.1. The second kappa shape index (κ2) is 27.5. The second-order valence-electron chi connectivity index (χ2n) is 12.1. The van der Waals surface area contributed by atoms with Gasteiger partial charge in [-0.05, 0) is 12.8 Å². The zero-order valence-electron chi connectivity index (χ0n) is 26.4. The van der Waals surface area contributed by atoms with E-state index in [1.807, 2.05) is 0 Å². The molecule has 1 N–H and O–H groups in total. The third kappa shape index (κ3) is 20.8. The summed E-state index contributed by atoms with van der Waals surface area (Å²) in [5, 5.41) is 9.51. The summed E-state index contributed by atoms with van der Waals surface area (Å²) in [4.78, 5) is 17.1. The minimum absolute atomic E-state index is 0.0285. The molecule has 232 valence electrons. The smallest absolute Gasteiger partial charge is 0.305 e. The van der Waals surface area contributed by atoms with Crippen molar-refractivity contribution in [2.24, 2.45) is 0 Å². The van der Waals surface area contributed by atoms with E-state index >= 15 is 0 Å². The Hall–Kier alpha value is -0.650. The fraction of sp³-hybridized carbons (Fsp3) is 0.971. The van der Waals surface area contributed by atoms with Gasteiger partial charge in [0.25, 0.3) is 0 Å². The predicted octanol–water partition coefficient (Wildman–Crippen LogP) is 8.87. The molecule has 0 saturated carbocycles. The molecule has 0 aromatic rings. The Morgan fingerprint density at radius 2 is 1.03 bits per heavy atom. The number of β-amino-alcohol motifs (C(OH)–C–C–N with tert-alkyl or cyclic N) is 1. The largest absolute Gasteiger partial charge is 0.464 e. The number of carbonyl (C=O) groups is 1. The lowest BCUT2D eigenvalue weighted by molar-refractivity contribution is -0.144. The Morgan fingerprint density at radius 1 is 0.615 bits per heavy atom. The first-order chi connectivity index (χ1) is 19.2. The summed E-state index contributed by atoms with van der Waals surface area (Å²) in [6, 6.07) is 0. The summed E-state index contributed by atoms with van der Waals surface area (Å²) in [7, 11) is 0. The summed E-state index contributed by atoms with van der Waals surface area (Å²) in [5.74, 6) is -0.0285. The van der Waals surface area contributed by atoms with Crippen molar-refractivity contribution in [3.8, 4) is 0 Å². The van der Waals surface area contributed by atoms with Crippen LogP contribution in [0.25, 0.3) is 0 Å². The zero-order valence-corrected chi connectivity index (χ0v) is 26.4. The van der Waals surface area contributed by atoms with Gasteiger partial charge in [0.15, 0.2) is 0 Å². The Kier molecular flexibility index (Phi) is 25.7. The highest BCUT2D eigenvalue weighted by atomic mass is 16.5. The van der Waals surface area contributed by atoms with E-state index < -0.39 is 0 Å². The first-order valence-electron chi connectivity index (χ1n) is 17.5. The van der Waals surface area contributed by atoms with Gasteiger partial charge in [-0.1, -0.05) is 149 Å². The zero-order chi connectivity index (χ0) is 28.2. The fourth-order valence-corrected chi connectivity index (χ4v) is 6.07. The molecule has 1 saturated heterocycles.